The highest BCUT2D eigenvalue weighted by Crippen LogP contribution is 2.34. The fourth-order valence-corrected chi connectivity index (χ4v) is 1.75. The van der Waals surface area contributed by atoms with E-state index >= 15 is 0 Å². The second-order valence-electron chi connectivity index (χ2n) is 3.99. The first-order valence-corrected chi connectivity index (χ1v) is 5.25. The monoisotopic (exact) mass is 270 g/mol. The molecule has 1 heterocycles. The van der Waals surface area contributed by atoms with E-state index in [1.54, 1.807) is 0 Å². The van der Waals surface area contributed by atoms with Gasteiger partial charge in [0.05, 0.1) is 17.5 Å². The minimum atomic E-state index is -4.48. The largest absolute Gasteiger partial charge is 0.478 e. The van der Waals surface area contributed by atoms with Gasteiger partial charge in [-0.1, -0.05) is 12.1 Å². The number of benzene rings is 1. The van der Waals surface area contributed by atoms with Gasteiger partial charge in [0, 0.05) is 5.56 Å². The molecule has 0 spiro atoms. The number of carboxylic acids is 1. The molecule has 0 saturated heterocycles. The van der Waals surface area contributed by atoms with E-state index in [-0.39, 0.29) is 22.4 Å². The molecule has 1 aromatic heterocycles. The van der Waals surface area contributed by atoms with Crippen molar-refractivity contribution in [1.29, 1.82) is 0 Å². The van der Waals surface area contributed by atoms with Crippen molar-refractivity contribution in [1.82, 2.24) is 10.2 Å². The molecule has 0 amide bonds. The van der Waals surface area contributed by atoms with E-state index in [2.05, 4.69) is 10.2 Å². The maximum Gasteiger partial charge on any atom is 0.416 e. The summed E-state index contributed by atoms with van der Waals surface area (Å²) in [5.74, 6) is -1.25. The summed E-state index contributed by atoms with van der Waals surface area (Å²) in [5.41, 5.74) is -0.702. The Morgan fingerprint density at radius 3 is 2.63 bits per heavy atom. The average molecular weight is 270 g/mol. The van der Waals surface area contributed by atoms with Crippen LogP contribution in [0.4, 0.5) is 13.2 Å². The summed E-state index contributed by atoms with van der Waals surface area (Å²) in [6.45, 7) is 1.34. The molecule has 0 aliphatic heterocycles. The van der Waals surface area contributed by atoms with Crippen molar-refractivity contribution in [3.05, 3.63) is 41.1 Å². The van der Waals surface area contributed by atoms with Crippen LogP contribution < -0.4 is 0 Å². The number of aromatic carboxylic acids is 1. The smallest absolute Gasteiger partial charge is 0.416 e. The predicted molar refractivity (Wildman–Crippen MR) is 60.7 cm³/mol. The summed E-state index contributed by atoms with van der Waals surface area (Å²) >= 11 is 0. The third-order valence-corrected chi connectivity index (χ3v) is 2.70. The summed E-state index contributed by atoms with van der Waals surface area (Å²) in [5, 5.41) is 14.9. The number of carbonyl (C=O) groups is 1. The van der Waals surface area contributed by atoms with Gasteiger partial charge in [-0.25, -0.2) is 4.79 Å². The second-order valence-corrected chi connectivity index (χ2v) is 3.99. The topological polar surface area (TPSA) is 66.0 Å². The number of aryl methyl sites for hydroxylation is 1. The maximum atomic E-state index is 12.8. The molecule has 0 radical (unpaired) electrons. The molecule has 0 aliphatic carbocycles. The first-order chi connectivity index (χ1) is 8.80. The van der Waals surface area contributed by atoms with Crippen LogP contribution in [0.15, 0.2) is 24.4 Å². The van der Waals surface area contributed by atoms with Crippen molar-refractivity contribution in [2.45, 2.75) is 13.1 Å². The van der Waals surface area contributed by atoms with Crippen molar-refractivity contribution in [2.24, 2.45) is 0 Å². The van der Waals surface area contributed by atoms with Gasteiger partial charge in [-0.05, 0) is 18.6 Å². The van der Waals surface area contributed by atoms with Crippen LogP contribution in [0.3, 0.4) is 0 Å². The summed E-state index contributed by atoms with van der Waals surface area (Å²) in [7, 11) is 0. The highest BCUT2D eigenvalue weighted by atomic mass is 19.4. The average Bonchev–Trinajstić information content (AvgIpc) is 2.77. The van der Waals surface area contributed by atoms with Crippen LogP contribution in [-0.2, 0) is 6.18 Å². The molecule has 0 fully saturated rings. The molecule has 7 heteroatoms. The first-order valence-electron chi connectivity index (χ1n) is 5.25. The quantitative estimate of drug-likeness (QED) is 0.881. The lowest BCUT2D eigenvalue weighted by Gasteiger charge is -2.11. The Hall–Kier alpha value is -2.31. The summed E-state index contributed by atoms with van der Waals surface area (Å²) in [4.78, 5) is 10.9. The number of hydrogen-bond acceptors (Lipinski definition) is 2. The lowest BCUT2D eigenvalue weighted by Crippen LogP contribution is -2.08. The van der Waals surface area contributed by atoms with Crippen molar-refractivity contribution in [2.75, 3.05) is 0 Å². The van der Waals surface area contributed by atoms with Crippen LogP contribution in [0.1, 0.15) is 21.5 Å². The lowest BCUT2D eigenvalue weighted by atomic mass is 10.0. The zero-order valence-electron chi connectivity index (χ0n) is 9.75. The van der Waals surface area contributed by atoms with E-state index in [1.807, 2.05) is 0 Å². The van der Waals surface area contributed by atoms with Gasteiger partial charge < -0.3 is 5.11 Å². The molecule has 2 aromatic rings. The normalized spacial score (nSPS) is 11.6. The zero-order valence-corrected chi connectivity index (χ0v) is 9.75. The van der Waals surface area contributed by atoms with Crippen molar-refractivity contribution >= 4 is 5.97 Å². The van der Waals surface area contributed by atoms with Crippen LogP contribution in [0.25, 0.3) is 11.3 Å². The molecule has 0 atom stereocenters. The van der Waals surface area contributed by atoms with Crippen molar-refractivity contribution in [3.8, 4) is 11.3 Å². The molecule has 0 unspecified atom stereocenters. The van der Waals surface area contributed by atoms with Crippen molar-refractivity contribution < 1.29 is 23.1 Å². The fraction of sp³-hybridized carbons (Fsp3) is 0.167. The number of nitrogens with zero attached hydrogens (tertiary/aromatic N) is 1. The number of carboxylic acid groups (broad SMARTS) is 1. The van der Waals surface area contributed by atoms with Gasteiger partial charge in [0.15, 0.2) is 0 Å². The van der Waals surface area contributed by atoms with Gasteiger partial charge in [-0.3, -0.25) is 5.10 Å². The van der Waals surface area contributed by atoms with E-state index in [0.29, 0.717) is 0 Å². The molecular formula is C12H9F3N2O2. The highest BCUT2D eigenvalue weighted by molar-refractivity contribution is 5.94. The third-order valence-electron chi connectivity index (χ3n) is 2.70. The molecule has 2 N–H and O–H groups in total. The van der Waals surface area contributed by atoms with Crippen LogP contribution in [0, 0.1) is 6.92 Å². The van der Waals surface area contributed by atoms with Gasteiger partial charge in [-0.15, -0.1) is 0 Å². The molecule has 1 aromatic carbocycles. The Labute approximate surface area is 105 Å². The van der Waals surface area contributed by atoms with E-state index in [0.717, 1.165) is 12.3 Å². The fourth-order valence-electron chi connectivity index (χ4n) is 1.75. The highest BCUT2D eigenvalue weighted by Gasteiger charge is 2.32. The molecule has 0 aliphatic rings. The van der Waals surface area contributed by atoms with E-state index in [9.17, 15) is 18.0 Å². The SMILES string of the molecule is Cc1ccc(-c2[nH]ncc2C(=O)O)cc1C(F)(F)F. The number of aromatic amines is 1. The zero-order chi connectivity index (χ0) is 14.2. The van der Waals surface area contributed by atoms with Crippen LogP contribution in [-0.4, -0.2) is 21.3 Å². The number of alkyl halides is 3. The van der Waals surface area contributed by atoms with Gasteiger partial charge in [0.2, 0.25) is 0 Å². The maximum absolute atomic E-state index is 12.8. The van der Waals surface area contributed by atoms with Crippen LogP contribution in [0.2, 0.25) is 0 Å². The molecular weight excluding hydrogens is 261 g/mol. The number of nitrogens with one attached hydrogen (secondary N) is 1. The van der Waals surface area contributed by atoms with Gasteiger partial charge in [-0.2, -0.15) is 18.3 Å². The van der Waals surface area contributed by atoms with Crippen LogP contribution in [0.5, 0.6) is 0 Å². The molecule has 0 bridgehead atoms. The Kier molecular flexibility index (Phi) is 3.05. The van der Waals surface area contributed by atoms with Crippen molar-refractivity contribution in [3.63, 3.8) is 0 Å². The standard InChI is InChI=1S/C12H9F3N2O2/c1-6-2-3-7(4-9(6)12(13,14)15)10-8(11(18)19)5-16-17-10/h2-5H,1H3,(H,16,17)(H,18,19). The Bertz CT molecular complexity index is 632. The molecule has 19 heavy (non-hydrogen) atoms. The molecule has 2 rings (SSSR count). The van der Waals surface area contributed by atoms with Crippen LogP contribution >= 0.6 is 0 Å². The summed E-state index contributed by atoms with van der Waals surface area (Å²) in [6, 6.07) is 3.63. The Morgan fingerprint density at radius 2 is 2.05 bits per heavy atom. The molecule has 0 saturated carbocycles. The van der Waals surface area contributed by atoms with Gasteiger partial charge >= 0.3 is 12.1 Å². The number of rotatable bonds is 2. The van der Waals surface area contributed by atoms with E-state index < -0.39 is 17.7 Å². The number of halogens is 3. The van der Waals surface area contributed by atoms with Gasteiger partial charge in [0.1, 0.15) is 5.56 Å². The number of aromatic nitrogens is 2. The minimum Gasteiger partial charge on any atom is -0.478 e. The minimum absolute atomic E-state index is 0.0537. The number of H-pyrrole nitrogens is 1. The first kappa shape index (κ1) is 13.1. The van der Waals surface area contributed by atoms with E-state index in [1.165, 1.54) is 19.1 Å². The predicted octanol–water partition coefficient (Wildman–Crippen LogP) is 3.10. The molecule has 4 nitrogen and oxygen atoms in total. The Balaban J connectivity index is 2.58. The van der Waals surface area contributed by atoms with E-state index in [4.69, 9.17) is 5.11 Å². The molecule has 100 valence electrons. The second kappa shape index (κ2) is 4.42. The lowest BCUT2D eigenvalue weighted by molar-refractivity contribution is -0.138. The number of hydrogen-bond donors (Lipinski definition) is 2. The summed E-state index contributed by atoms with van der Waals surface area (Å²) in [6.07, 6.45) is -3.42. The van der Waals surface area contributed by atoms with Gasteiger partial charge in [0.25, 0.3) is 0 Å². The Morgan fingerprint density at radius 1 is 1.37 bits per heavy atom. The third kappa shape index (κ3) is 2.44. The summed E-state index contributed by atoms with van der Waals surface area (Å²) < 4.78 is 38.4.